The molecule has 1 aliphatic rings. The first-order chi connectivity index (χ1) is 19.5. The van der Waals surface area contributed by atoms with Crippen LogP contribution in [0.4, 0.5) is 5.13 Å². The number of nitrogens with two attached hydrogens (primary N) is 1. The Morgan fingerprint density at radius 1 is 1.20 bits per heavy atom. The fourth-order valence-electron chi connectivity index (χ4n) is 3.79. The van der Waals surface area contributed by atoms with Crippen molar-refractivity contribution in [1.29, 1.82) is 0 Å². The van der Waals surface area contributed by atoms with Crippen molar-refractivity contribution in [3.8, 4) is 5.88 Å². The summed E-state index contributed by atoms with van der Waals surface area (Å²) in [6, 6.07) is 9.44. The van der Waals surface area contributed by atoms with Crippen molar-refractivity contribution in [2.75, 3.05) is 44.6 Å². The maximum absolute atomic E-state index is 13.4. The van der Waals surface area contributed by atoms with Gasteiger partial charge in [-0.2, -0.15) is 0 Å². The number of sulfone groups is 1. The molecule has 3 N–H and O–H groups in total. The first kappa shape index (κ1) is 30.8. The van der Waals surface area contributed by atoms with Gasteiger partial charge >= 0.3 is 0 Å². The smallest absolute Gasteiger partial charge is 0.280 e. The number of nitrogens with zero attached hydrogens (tertiary/aromatic N) is 3. The molecule has 14 heteroatoms. The van der Waals surface area contributed by atoms with Gasteiger partial charge in [0.05, 0.1) is 30.5 Å². The Kier molecular flexibility index (Phi) is 10.3. The van der Waals surface area contributed by atoms with Crippen LogP contribution in [0.25, 0.3) is 10.3 Å². The molecule has 4 rings (SSSR count). The molecule has 41 heavy (non-hydrogen) atoms. The lowest BCUT2D eigenvalue weighted by Gasteiger charge is -2.17. The Hall–Kier alpha value is -3.17. The Morgan fingerprint density at radius 2 is 1.98 bits per heavy atom. The molecule has 0 spiro atoms. The summed E-state index contributed by atoms with van der Waals surface area (Å²) in [6.07, 6.45) is 1.40. The van der Waals surface area contributed by atoms with Crippen LogP contribution in [0.2, 0.25) is 0 Å². The summed E-state index contributed by atoms with van der Waals surface area (Å²) in [4.78, 5) is 28.6. The number of fused-ring (bicyclic) bond motifs is 1. The van der Waals surface area contributed by atoms with Crippen LogP contribution < -0.4 is 15.8 Å². The molecule has 1 amide bonds. The predicted molar refractivity (Wildman–Crippen MR) is 156 cm³/mol. The second-order valence-corrected chi connectivity index (χ2v) is 13.3. The van der Waals surface area contributed by atoms with Crippen LogP contribution in [-0.2, 0) is 28.9 Å². The van der Waals surface area contributed by atoms with Crippen LogP contribution in [0, 0.1) is 0 Å². The van der Waals surface area contributed by atoms with Gasteiger partial charge in [0.1, 0.15) is 10.3 Å². The summed E-state index contributed by atoms with van der Waals surface area (Å²) < 4.78 is 41.3. The molecule has 12 nitrogen and oxygen atoms in total. The molecule has 0 radical (unpaired) electrons. The van der Waals surface area contributed by atoms with Crippen LogP contribution in [-0.4, -0.2) is 80.9 Å². The second-order valence-electron chi connectivity index (χ2n) is 10.3. The SMILES string of the molecule is COCCCS(=O)(=O)c1ccc(/C(=N\O[C@@H]2CCOC2)C(=O)Nc2nc3ccc(OCCC(C)(C)N)nc3s2)cc1. The van der Waals surface area contributed by atoms with E-state index in [-0.39, 0.29) is 28.0 Å². The molecule has 1 fully saturated rings. The van der Waals surface area contributed by atoms with Gasteiger partial charge in [-0.05, 0) is 44.9 Å². The van der Waals surface area contributed by atoms with Gasteiger partial charge in [0.2, 0.25) is 5.88 Å². The van der Waals surface area contributed by atoms with Gasteiger partial charge in [-0.25, -0.2) is 18.4 Å². The van der Waals surface area contributed by atoms with E-state index in [1.54, 1.807) is 12.1 Å². The Labute approximate surface area is 243 Å². The number of oxime groups is 1. The number of methoxy groups -OCH3 is 1. The average Bonchev–Trinajstić information content (AvgIpc) is 3.58. The van der Waals surface area contributed by atoms with E-state index < -0.39 is 15.7 Å². The minimum atomic E-state index is -3.50. The quantitative estimate of drug-likeness (QED) is 0.158. The number of carbonyl (C=O) groups is 1. The number of rotatable bonds is 14. The summed E-state index contributed by atoms with van der Waals surface area (Å²) in [5.74, 6) is -0.175. The molecule has 3 heterocycles. The predicted octanol–water partition coefficient (Wildman–Crippen LogP) is 3.16. The molecule has 2 aromatic heterocycles. The average molecular weight is 606 g/mol. The number of ether oxygens (including phenoxy) is 3. The molecule has 3 aromatic rings. The standard InChI is InChI=1S/C27H35N5O7S2/c1-27(2,28)12-15-38-22-10-9-21-25(30-22)40-26(29-21)31-24(33)23(32-39-19-11-14-37-17-19)18-5-7-20(8-6-18)41(34,35)16-4-13-36-3/h5-10,19H,4,11-17,28H2,1-3H3,(H,29,31,33)/b32-23+/t19-/m1/s1. The van der Waals surface area contributed by atoms with E-state index in [0.717, 1.165) is 0 Å². The van der Waals surface area contributed by atoms with Crippen molar-refractivity contribution in [2.45, 2.75) is 49.6 Å². The van der Waals surface area contributed by atoms with Gasteiger partial charge in [-0.3, -0.25) is 10.1 Å². The second kappa shape index (κ2) is 13.7. The molecule has 0 unspecified atom stereocenters. The minimum absolute atomic E-state index is 0.0270. The molecule has 0 saturated carbocycles. The number of hydrogen-bond donors (Lipinski definition) is 2. The van der Waals surface area contributed by atoms with E-state index in [9.17, 15) is 13.2 Å². The highest BCUT2D eigenvalue weighted by Gasteiger charge is 2.23. The first-order valence-electron chi connectivity index (χ1n) is 13.2. The van der Waals surface area contributed by atoms with Crippen LogP contribution in [0.3, 0.4) is 0 Å². The maximum Gasteiger partial charge on any atom is 0.280 e. The third-order valence-electron chi connectivity index (χ3n) is 6.09. The number of amides is 1. The number of pyridine rings is 1. The number of anilines is 1. The fourth-order valence-corrected chi connectivity index (χ4v) is 5.90. The zero-order valence-electron chi connectivity index (χ0n) is 23.3. The van der Waals surface area contributed by atoms with Crippen LogP contribution in [0.15, 0.2) is 46.4 Å². The number of hydrogen-bond acceptors (Lipinski definition) is 12. The lowest BCUT2D eigenvalue weighted by Crippen LogP contribution is -2.33. The highest BCUT2D eigenvalue weighted by molar-refractivity contribution is 7.91. The number of carbonyl (C=O) groups excluding carboxylic acids is 1. The van der Waals surface area contributed by atoms with Gasteiger partial charge in [-0.1, -0.05) is 28.6 Å². The molecule has 1 aromatic carbocycles. The number of aromatic nitrogens is 2. The Morgan fingerprint density at radius 3 is 2.66 bits per heavy atom. The maximum atomic E-state index is 13.4. The van der Waals surface area contributed by atoms with Crippen LogP contribution in [0.5, 0.6) is 5.88 Å². The lowest BCUT2D eigenvalue weighted by atomic mass is 10.0. The van der Waals surface area contributed by atoms with E-state index >= 15 is 0 Å². The van der Waals surface area contributed by atoms with Crippen molar-refractivity contribution < 1.29 is 32.3 Å². The molecule has 0 aliphatic carbocycles. The fraction of sp³-hybridized carbons (Fsp3) is 0.481. The Balaban J connectivity index is 1.51. The molecular formula is C27H35N5O7S2. The summed E-state index contributed by atoms with van der Waals surface area (Å²) in [6.45, 7) is 5.54. The van der Waals surface area contributed by atoms with Crippen molar-refractivity contribution >= 4 is 48.3 Å². The highest BCUT2D eigenvalue weighted by Crippen LogP contribution is 2.27. The molecular weight excluding hydrogens is 570 g/mol. The van der Waals surface area contributed by atoms with Crippen molar-refractivity contribution in [1.82, 2.24) is 9.97 Å². The van der Waals surface area contributed by atoms with Gasteiger partial charge in [0.15, 0.2) is 26.8 Å². The Bertz CT molecular complexity index is 1460. The van der Waals surface area contributed by atoms with Gasteiger partial charge in [0.25, 0.3) is 5.91 Å². The summed E-state index contributed by atoms with van der Waals surface area (Å²) >= 11 is 1.19. The molecule has 222 valence electrons. The highest BCUT2D eigenvalue weighted by atomic mass is 32.2. The van der Waals surface area contributed by atoms with E-state index in [0.29, 0.717) is 72.6 Å². The molecule has 1 atom stereocenters. The normalized spacial score (nSPS) is 16.2. The van der Waals surface area contributed by atoms with Crippen LogP contribution in [0.1, 0.15) is 38.7 Å². The summed E-state index contributed by atoms with van der Waals surface area (Å²) in [7, 11) is -1.98. The van der Waals surface area contributed by atoms with E-state index in [4.69, 9.17) is 24.8 Å². The molecule has 1 saturated heterocycles. The molecule has 1 aliphatic heterocycles. The van der Waals surface area contributed by atoms with E-state index in [1.165, 1.54) is 42.7 Å². The van der Waals surface area contributed by atoms with Gasteiger partial charge in [-0.15, -0.1) is 0 Å². The summed E-state index contributed by atoms with van der Waals surface area (Å²) in [5.41, 5.74) is 6.61. The van der Waals surface area contributed by atoms with Crippen molar-refractivity contribution in [3.05, 3.63) is 42.0 Å². The first-order valence-corrected chi connectivity index (χ1v) is 15.7. The third kappa shape index (κ3) is 8.91. The van der Waals surface area contributed by atoms with E-state index in [1.807, 2.05) is 13.8 Å². The zero-order chi connectivity index (χ0) is 29.5. The largest absolute Gasteiger partial charge is 0.478 e. The molecule has 0 bridgehead atoms. The van der Waals surface area contributed by atoms with Crippen LogP contribution >= 0.6 is 11.3 Å². The van der Waals surface area contributed by atoms with E-state index in [2.05, 4.69) is 20.4 Å². The monoisotopic (exact) mass is 605 g/mol. The minimum Gasteiger partial charge on any atom is -0.478 e. The zero-order valence-corrected chi connectivity index (χ0v) is 24.9. The lowest BCUT2D eigenvalue weighted by molar-refractivity contribution is -0.110. The van der Waals surface area contributed by atoms with Crippen molar-refractivity contribution in [2.24, 2.45) is 10.9 Å². The van der Waals surface area contributed by atoms with Crippen molar-refractivity contribution in [3.63, 3.8) is 0 Å². The number of benzene rings is 1. The topological polar surface area (TPSA) is 164 Å². The number of nitrogens with one attached hydrogen (secondary N) is 1. The van der Waals surface area contributed by atoms with Gasteiger partial charge < -0.3 is 24.8 Å². The number of thiazole rings is 1. The third-order valence-corrected chi connectivity index (χ3v) is 8.79. The summed E-state index contributed by atoms with van der Waals surface area (Å²) in [5, 5.41) is 7.21. The van der Waals surface area contributed by atoms with Gasteiger partial charge in [0, 0.05) is 37.3 Å².